The van der Waals surface area contributed by atoms with Crippen LogP contribution < -0.4 is 5.32 Å². The second-order valence-electron chi connectivity index (χ2n) is 4.49. The van der Waals surface area contributed by atoms with Gasteiger partial charge in [-0.1, -0.05) is 0 Å². The molecule has 0 unspecified atom stereocenters. The monoisotopic (exact) mass is 285 g/mol. The number of nitrogens with zero attached hydrogens (tertiary/aromatic N) is 2. The van der Waals surface area contributed by atoms with Crippen LogP contribution >= 0.6 is 11.3 Å². The van der Waals surface area contributed by atoms with E-state index in [9.17, 15) is 14.7 Å². The molecule has 0 spiro atoms. The highest BCUT2D eigenvalue weighted by atomic mass is 32.1. The number of aryl methyl sites for hydroxylation is 2. The SMILES string of the molecule is Cc1nc(NC(=O)N2C[C@@H](O)C[C@H]2C(=O)O)sc1C. The van der Waals surface area contributed by atoms with Crippen molar-refractivity contribution >= 4 is 28.5 Å². The van der Waals surface area contributed by atoms with E-state index in [0.717, 1.165) is 15.5 Å². The van der Waals surface area contributed by atoms with Crippen LogP contribution in [0.4, 0.5) is 9.93 Å². The van der Waals surface area contributed by atoms with E-state index in [4.69, 9.17) is 5.11 Å². The number of carboxylic acids is 1. The fraction of sp³-hybridized carbons (Fsp3) is 0.545. The predicted molar refractivity (Wildman–Crippen MR) is 69.4 cm³/mol. The van der Waals surface area contributed by atoms with E-state index in [-0.39, 0.29) is 13.0 Å². The lowest BCUT2D eigenvalue weighted by atomic mass is 10.2. The van der Waals surface area contributed by atoms with Crippen LogP contribution in [-0.2, 0) is 4.79 Å². The summed E-state index contributed by atoms with van der Waals surface area (Å²) in [7, 11) is 0. The van der Waals surface area contributed by atoms with Gasteiger partial charge in [-0.3, -0.25) is 5.32 Å². The first-order valence-electron chi connectivity index (χ1n) is 5.81. The fourth-order valence-corrected chi connectivity index (χ4v) is 2.77. The Balaban J connectivity index is 2.08. The van der Waals surface area contributed by atoms with Gasteiger partial charge in [-0.25, -0.2) is 14.6 Å². The van der Waals surface area contributed by atoms with Crippen molar-refractivity contribution in [3.05, 3.63) is 10.6 Å². The molecule has 2 atom stereocenters. The number of likely N-dealkylation sites (tertiary alicyclic amines) is 1. The summed E-state index contributed by atoms with van der Waals surface area (Å²) in [6, 6.07) is -1.53. The van der Waals surface area contributed by atoms with Gasteiger partial charge < -0.3 is 15.1 Å². The summed E-state index contributed by atoms with van der Waals surface area (Å²) < 4.78 is 0. The van der Waals surface area contributed by atoms with Crippen LogP contribution in [-0.4, -0.2) is 50.8 Å². The zero-order chi connectivity index (χ0) is 14.2. The first-order valence-corrected chi connectivity index (χ1v) is 6.62. The van der Waals surface area contributed by atoms with E-state index < -0.39 is 24.1 Å². The Bertz CT molecular complexity index is 497. The summed E-state index contributed by atoms with van der Waals surface area (Å²) in [4.78, 5) is 29.3. The number of nitrogens with one attached hydrogen (secondary N) is 1. The van der Waals surface area contributed by atoms with Crippen LogP contribution in [0.2, 0.25) is 0 Å². The number of carbonyl (C=O) groups excluding carboxylic acids is 1. The molecule has 0 aromatic carbocycles. The summed E-state index contributed by atoms with van der Waals surface area (Å²) >= 11 is 1.33. The Labute approximate surface area is 113 Å². The number of hydrogen-bond acceptors (Lipinski definition) is 5. The molecule has 1 saturated heterocycles. The molecule has 0 bridgehead atoms. The van der Waals surface area contributed by atoms with Crippen LogP contribution in [0, 0.1) is 13.8 Å². The summed E-state index contributed by atoms with van der Waals surface area (Å²) in [6.45, 7) is 3.75. The number of thiazole rings is 1. The number of aliphatic carboxylic acids is 1. The maximum absolute atomic E-state index is 12.0. The normalized spacial score (nSPS) is 22.6. The van der Waals surface area contributed by atoms with Gasteiger partial charge in [-0.15, -0.1) is 11.3 Å². The molecule has 0 saturated carbocycles. The molecule has 7 nitrogen and oxygen atoms in total. The third-order valence-electron chi connectivity index (χ3n) is 3.07. The number of carboxylic acid groups (broad SMARTS) is 1. The molecule has 0 radical (unpaired) electrons. The van der Waals surface area contributed by atoms with Gasteiger partial charge >= 0.3 is 12.0 Å². The van der Waals surface area contributed by atoms with Crippen LogP contribution in [0.1, 0.15) is 17.0 Å². The first-order chi connectivity index (χ1) is 8.88. The minimum atomic E-state index is -1.11. The van der Waals surface area contributed by atoms with Gasteiger partial charge in [-0.05, 0) is 13.8 Å². The molecule has 1 aromatic heterocycles. The number of aliphatic hydroxyl groups is 1. The average molecular weight is 285 g/mol. The summed E-state index contributed by atoms with van der Waals surface area (Å²) in [5, 5.41) is 21.5. The lowest BCUT2D eigenvalue weighted by Crippen LogP contribution is -2.43. The molecule has 1 fully saturated rings. The van der Waals surface area contributed by atoms with E-state index in [0.29, 0.717) is 5.13 Å². The number of carbonyl (C=O) groups is 2. The topological polar surface area (TPSA) is 103 Å². The van der Waals surface area contributed by atoms with Crippen molar-refractivity contribution in [3.63, 3.8) is 0 Å². The molecule has 0 aliphatic carbocycles. The quantitative estimate of drug-likeness (QED) is 0.746. The molecular weight excluding hydrogens is 270 g/mol. The fourth-order valence-electron chi connectivity index (χ4n) is 1.96. The van der Waals surface area contributed by atoms with Crippen LogP contribution in [0.25, 0.3) is 0 Å². The maximum Gasteiger partial charge on any atom is 0.326 e. The second-order valence-corrected chi connectivity index (χ2v) is 5.69. The summed E-state index contributed by atoms with van der Waals surface area (Å²) in [6.07, 6.45) is -0.745. The van der Waals surface area contributed by atoms with Gasteiger partial charge in [0.1, 0.15) is 6.04 Å². The highest BCUT2D eigenvalue weighted by Gasteiger charge is 2.39. The lowest BCUT2D eigenvalue weighted by Gasteiger charge is -2.20. The summed E-state index contributed by atoms with van der Waals surface area (Å²) in [5.41, 5.74) is 0.830. The molecule has 2 heterocycles. The molecule has 1 aliphatic heterocycles. The second kappa shape index (κ2) is 5.14. The number of anilines is 1. The summed E-state index contributed by atoms with van der Waals surface area (Å²) in [5.74, 6) is -1.11. The van der Waals surface area contributed by atoms with E-state index in [2.05, 4.69) is 10.3 Å². The highest BCUT2D eigenvalue weighted by molar-refractivity contribution is 7.15. The van der Waals surface area contributed by atoms with Crippen LogP contribution in [0.5, 0.6) is 0 Å². The Morgan fingerprint density at radius 3 is 2.68 bits per heavy atom. The zero-order valence-electron chi connectivity index (χ0n) is 10.6. The number of hydrogen-bond donors (Lipinski definition) is 3. The molecule has 2 rings (SSSR count). The molecule has 1 aliphatic rings. The molecule has 1 aromatic rings. The number of aromatic nitrogens is 1. The predicted octanol–water partition coefficient (Wildman–Crippen LogP) is 0.812. The van der Waals surface area contributed by atoms with Crippen molar-refractivity contribution in [2.45, 2.75) is 32.4 Å². The molecule has 8 heteroatoms. The third kappa shape index (κ3) is 2.85. The number of β-amino-alcohol motifs (C(OH)–C–C–N with tert-alkyl or cyclic N) is 1. The first kappa shape index (κ1) is 13.8. The Morgan fingerprint density at radius 2 is 2.16 bits per heavy atom. The van der Waals surface area contributed by atoms with Crippen molar-refractivity contribution in [2.75, 3.05) is 11.9 Å². The van der Waals surface area contributed by atoms with Gasteiger partial charge in [0.05, 0.1) is 11.8 Å². The number of urea groups is 1. The number of rotatable bonds is 2. The standard InChI is InChI=1S/C11H15N3O4S/c1-5-6(2)19-10(12-5)13-11(18)14-4-7(15)3-8(14)9(16)17/h7-8,15H,3-4H2,1-2H3,(H,16,17)(H,12,13,18)/t7-,8-/m0/s1. The smallest absolute Gasteiger partial charge is 0.326 e. The van der Waals surface area contributed by atoms with Crippen LogP contribution in [0.3, 0.4) is 0 Å². The maximum atomic E-state index is 12.0. The highest BCUT2D eigenvalue weighted by Crippen LogP contribution is 2.23. The number of amides is 2. The molecule has 3 N–H and O–H groups in total. The van der Waals surface area contributed by atoms with E-state index in [1.54, 1.807) is 0 Å². The third-order valence-corrected chi connectivity index (χ3v) is 4.06. The minimum Gasteiger partial charge on any atom is -0.480 e. The van der Waals surface area contributed by atoms with E-state index >= 15 is 0 Å². The van der Waals surface area contributed by atoms with Gasteiger partial charge in [-0.2, -0.15) is 0 Å². The Morgan fingerprint density at radius 1 is 1.47 bits per heavy atom. The van der Waals surface area contributed by atoms with Gasteiger partial charge in [0.2, 0.25) is 0 Å². The van der Waals surface area contributed by atoms with Crippen molar-refractivity contribution in [3.8, 4) is 0 Å². The molecule has 104 valence electrons. The van der Waals surface area contributed by atoms with Gasteiger partial charge in [0.25, 0.3) is 0 Å². The van der Waals surface area contributed by atoms with E-state index in [1.165, 1.54) is 11.3 Å². The zero-order valence-corrected chi connectivity index (χ0v) is 11.4. The van der Waals surface area contributed by atoms with Crippen molar-refractivity contribution < 1.29 is 19.8 Å². The minimum absolute atomic E-state index is 0.0200. The van der Waals surface area contributed by atoms with Gasteiger partial charge in [0, 0.05) is 17.8 Å². The van der Waals surface area contributed by atoms with Crippen molar-refractivity contribution in [2.24, 2.45) is 0 Å². The molecule has 19 heavy (non-hydrogen) atoms. The lowest BCUT2D eigenvalue weighted by molar-refractivity contribution is -0.141. The largest absolute Gasteiger partial charge is 0.480 e. The van der Waals surface area contributed by atoms with Gasteiger partial charge in [0.15, 0.2) is 5.13 Å². The Kier molecular flexibility index (Phi) is 3.72. The molecule has 2 amide bonds. The van der Waals surface area contributed by atoms with E-state index in [1.807, 2.05) is 13.8 Å². The van der Waals surface area contributed by atoms with Crippen LogP contribution in [0.15, 0.2) is 0 Å². The average Bonchev–Trinajstić information content (AvgIpc) is 2.83. The van der Waals surface area contributed by atoms with Crippen molar-refractivity contribution in [1.82, 2.24) is 9.88 Å². The van der Waals surface area contributed by atoms with Crippen molar-refractivity contribution in [1.29, 1.82) is 0 Å². The Hall–Kier alpha value is -1.67. The molecular formula is C11H15N3O4S. The number of aliphatic hydroxyl groups excluding tert-OH is 1.